The number of hydrogen-bond donors (Lipinski definition) is 2. The summed E-state index contributed by atoms with van der Waals surface area (Å²) in [5.74, 6) is 0.0726. The van der Waals surface area contributed by atoms with E-state index in [9.17, 15) is 4.79 Å². The minimum atomic E-state index is -0.0992. The van der Waals surface area contributed by atoms with Gasteiger partial charge in [-0.05, 0) is 27.2 Å². The Bertz CT molecular complexity index is 170. The van der Waals surface area contributed by atoms with Crippen LogP contribution in [0.4, 0.5) is 0 Å². The Labute approximate surface area is 86.1 Å². The van der Waals surface area contributed by atoms with Gasteiger partial charge in [-0.1, -0.05) is 0 Å². The van der Waals surface area contributed by atoms with Crippen molar-refractivity contribution in [2.45, 2.75) is 45.7 Å². The quantitative estimate of drug-likeness (QED) is 0.653. The third-order valence-electron chi connectivity index (χ3n) is 2.00. The van der Waals surface area contributed by atoms with Crippen LogP contribution in [-0.2, 0) is 4.79 Å². The van der Waals surface area contributed by atoms with Gasteiger partial charge in [-0.25, -0.2) is 0 Å². The standard InChI is InChI=1S/C10H22N2O2/c1-8(2)12(5-4-6-13)10(14)7-9(3)11/h8-9,13H,4-7,11H2,1-3H3. The van der Waals surface area contributed by atoms with E-state index in [1.54, 1.807) is 4.90 Å². The fourth-order valence-corrected chi connectivity index (χ4v) is 1.30. The fourth-order valence-electron chi connectivity index (χ4n) is 1.30. The number of aliphatic hydroxyl groups is 1. The Hall–Kier alpha value is -0.610. The third kappa shape index (κ3) is 5.19. The molecular weight excluding hydrogens is 180 g/mol. The minimum absolute atomic E-state index is 0.0726. The van der Waals surface area contributed by atoms with Crippen molar-refractivity contribution in [1.82, 2.24) is 4.90 Å². The minimum Gasteiger partial charge on any atom is -0.396 e. The highest BCUT2D eigenvalue weighted by Crippen LogP contribution is 2.04. The van der Waals surface area contributed by atoms with Gasteiger partial charge in [0.2, 0.25) is 5.91 Å². The molecule has 0 heterocycles. The zero-order valence-electron chi connectivity index (χ0n) is 9.36. The van der Waals surface area contributed by atoms with Gasteiger partial charge in [0.05, 0.1) is 0 Å². The van der Waals surface area contributed by atoms with E-state index in [1.807, 2.05) is 20.8 Å². The number of rotatable bonds is 6. The first kappa shape index (κ1) is 13.4. The number of nitrogens with two attached hydrogens (primary N) is 1. The highest BCUT2D eigenvalue weighted by atomic mass is 16.3. The number of aliphatic hydroxyl groups excluding tert-OH is 1. The molecule has 0 aliphatic carbocycles. The second kappa shape index (κ2) is 6.79. The number of nitrogens with zero attached hydrogens (tertiary/aromatic N) is 1. The predicted molar refractivity (Wildman–Crippen MR) is 56.8 cm³/mol. The molecule has 0 spiro atoms. The Morgan fingerprint density at radius 3 is 2.36 bits per heavy atom. The smallest absolute Gasteiger partial charge is 0.224 e. The lowest BCUT2D eigenvalue weighted by Gasteiger charge is -2.27. The van der Waals surface area contributed by atoms with Gasteiger partial charge in [0, 0.05) is 31.7 Å². The summed E-state index contributed by atoms with van der Waals surface area (Å²) in [5, 5.41) is 8.70. The van der Waals surface area contributed by atoms with E-state index < -0.39 is 0 Å². The molecule has 1 atom stereocenters. The second-order valence-corrected chi connectivity index (χ2v) is 3.94. The van der Waals surface area contributed by atoms with Gasteiger partial charge in [0.1, 0.15) is 0 Å². The summed E-state index contributed by atoms with van der Waals surface area (Å²) in [6.45, 7) is 6.49. The summed E-state index contributed by atoms with van der Waals surface area (Å²) in [6, 6.07) is 0.0747. The van der Waals surface area contributed by atoms with Crippen LogP contribution in [0.25, 0.3) is 0 Å². The summed E-state index contributed by atoms with van der Waals surface area (Å²) < 4.78 is 0. The SMILES string of the molecule is CC(N)CC(=O)N(CCCO)C(C)C. The van der Waals surface area contributed by atoms with E-state index in [1.165, 1.54) is 0 Å². The van der Waals surface area contributed by atoms with E-state index >= 15 is 0 Å². The lowest BCUT2D eigenvalue weighted by atomic mass is 10.2. The average Bonchev–Trinajstić information content (AvgIpc) is 2.02. The highest BCUT2D eigenvalue weighted by Gasteiger charge is 2.17. The van der Waals surface area contributed by atoms with Crippen molar-refractivity contribution in [3.05, 3.63) is 0 Å². The zero-order chi connectivity index (χ0) is 11.1. The van der Waals surface area contributed by atoms with Gasteiger partial charge in [-0.2, -0.15) is 0 Å². The number of carbonyl (C=O) groups is 1. The Morgan fingerprint density at radius 1 is 1.43 bits per heavy atom. The van der Waals surface area contributed by atoms with Crippen molar-refractivity contribution in [3.8, 4) is 0 Å². The maximum absolute atomic E-state index is 11.7. The summed E-state index contributed by atoms with van der Waals surface area (Å²) in [5.41, 5.74) is 5.56. The zero-order valence-corrected chi connectivity index (χ0v) is 9.36. The van der Waals surface area contributed by atoms with Crippen LogP contribution >= 0.6 is 0 Å². The van der Waals surface area contributed by atoms with Crippen LogP contribution < -0.4 is 5.73 Å². The molecule has 0 aliphatic rings. The van der Waals surface area contributed by atoms with E-state index in [4.69, 9.17) is 10.8 Å². The van der Waals surface area contributed by atoms with Gasteiger partial charge in [0.25, 0.3) is 0 Å². The molecule has 3 N–H and O–H groups in total. The van der Waals surface area contributed by atoms with Crippen molar-refractivity contribution in [3.63, 3.8) is 0 Å². The Balaban J connectivity index is 4.11. The molecule has 0 rings (SSSR count). The van der Waals surface area contributed by atoms with Crippen LogP contribution in [0.3, 0.4) is 0 Å². The molecule has 0 fully saturated rings. The molecule has 0 aromatic carbocycles. The molecule has 0 saturated heterocycles. The monoisotopic (exact) mass is 202 g/mol. The van der Waals surface area contributed by atoms with E-state index in [2.05, 4.69) is 0 Å². The van der Waals surface area contributed by atoms with Crippen molar-refractivity contribution in [2.24, 2.45) is 5.73 Å². The van der Waals surface area contributed by atoms with Crippen LogP contribution in [0.1, 0.15) is 33.6 Å². The molecule has 1 unspecified atom stereocenters. The molecule has 0 radical (unpaired) electrons. The lowest BCUT2D eigenvalue weighted by molar-refractivity contribution is -0.133. The maximum Gasteiger partial charge on any atom is 0.224 e. The summed E-state index contributed by atoms with van der Waals surface area (Å²) >= 11 is 0. The van der Waals surface area contributed by atoms with Gasteiger partial charge in [0.15, 0.2) is 0 Å². The molecule has 0 aromatic rings. The third-order valence-corrected chi connectivity index (χ3v) is 2.00. The fraction of sp³-hybridized carbons (Fsp3) is 0.900. The van der Waals surface area contributed by atoms with E-state index in [-0.39, 0.29) is 24.6 Å². The van der Waals surface area contributed by atoms with E-state index in [0.29, 0.717) is 19.4 Å². The Kier molecular flexibility index (Phi) is 6.49. The second-order valence-electron chi connectivity index (χ2n) is 3.94. The van der Waals surface area contributed by atoms with Crippen LogP contribution in [0, 0.1) is 0 Å². The van der Waals surface area contributed by atoms with Crippen LogP contribution in [0.2, 0.25) is 0 Å². The van der Waals surface area contributed by atoms with Crippen molar-refractivity contribution >= 4 is 5.91 Å². The normalized spacial score (nSPS) is 13.0. The van der Waals surface area contributed by atoms with Crippen molar-refractivity contribution in [1.29, 1.82) is 0 Å². The van der Waals surface area contributed by atoms with Crippen LogP contribution in [0.15, 0.2) is 0 Å². The molecule has 4 heteroatoms. The predicted octanol–water partition coefficient (Wildman–Crippen LogP) is 0.343. The molecule has 0 aromatic heterocycles. The first-order valence-corrected chi connectivity index (χ1v) is 5.15. The largest absolute Gasteiger partial charge is 0.396 e. The van der Waals surface area contributed by atoms with Gasteiger partial charge >= 0.3 is 0 Å². The van der Waals surface area contributed by atoms with Gasteiger partial charge < -0.3 is 15.7 Å². The van der Waals surface area contributed by atoms with Gasteiger partial charge in [-0.3, -0.25) is 4.79 Å². The molecule has 0 bridgehead atoms. The van der Waals surface area contributed by atoms with Gasteiger partial charge in [-0.15, -0.1) is 0 Å². The van der Waals surface area contributed by atoms with Crippen LogP contribution in [-0.4, -0.2) is 41.1 Å². The number of amides is 1. The van der Waals surface area contributed by atoms with E-state index in [0.717, 1.165) is 0 Å². The molecule has 0 saturated carbocycles. The first-order valence-electron chi connectivity index (χ1n) is 5.15. The Morgan fingerprint density at radius 2 is 2.00 bits per heavy atom. The van der Waals surface area contributed by atoms with Crippen molar-refractivity contribution < 1.29 is 9.90 Å². The molecule has 4 nitrogen and oxygen atoms in total. The van der Waals surface area contributed by atoms with Crippen LogP contribution in [0.5, 0.6) is 0 Å². The summed E-state index contributed by atoms with van der Waals surface area (Å²) in [4.78, 5) is 13.4. The molecule has 1 amide bonds. The highest BCUT2D eigenvalue weighted by molar-refractivity contribution is 5.77. The maximum atomic E-state index is 11.7. The topological polar surface area (TPSA) is 66.6 Å². The molecule has 0 aliphatic heterocycles. The number of carbonyl (C=O) groups excluding carboxylic acids is 1. The first-order chi connectivity index (χ1) is 6.49. The molecule has 84 valence electrons. The van der Waals surface area contributed by atoms with Crippen molar-refractivity contribution in [2.75, 3.05) is 13.2 Å². The molecular formula is C10H22N2O2. The average molecular weight is 202 g/mol. The lowest BCUT2D eigenvalue weighted by Crippen LogP contribution is -2.40. The summed E-state index contributed by atoms with van der Waals surface area (Å²) in [6.07, 6.45) is 1.01. The number of hydrogen-bond acceptors (Lipinski definition) is 3. The molecule has 14 heavy (non-hydrogen) atoms. The summed E-state index contributed by atoms with van der Waals surface area (Å²) in [7, 11) is 0.